The van der Waals surface area contributed by atoms with Gasteiger partial charge in [-0.05, 0) is 48.0 Å². The highest BCUT2D eigenvalue weighted by atomic mass is 35.5. The Balaban J connectivity index is 1.67. The fourth-order valence-corrected chi connectivity index (χ4v) is 3.53. The molecule has 0 amide bonds. The molecule has 1 N–H and O–H groups in total. The number of ether oxygens (including phenoxy) is 2. The first-order valence-corrected chi connectivity index (χ1v) is 9.85. The Hall–Kier alpha value is -3.39. The van der Waals surface area contributed by atoms with Gasteiger partial charge < -0.3 is 14.8 Å². The average Bonchev–Trinajstić information content (AvgIpc) is 3.20. The third kappa shape index (κ3) is 3.86. The van der Waals surface area contributed by atoms with Crippen LogP contribution in [0.2, 0.25) is 5.02 Å². The average molecular weight is 426 g/mol. The highest BCUT2D eigenvalue weighted by Crippen LogP contribution is 2.36. The molecule has 154 valence electrons. The van der Waals surface area contributed by atoms with Gasteiger partial charge in [0.25, 0.3) is 0 Å². The Morgan fingerprint density at radius 3 is 2.87 bits per heavy atom. The topological polar surface area (TPSA) is 91.2 Å². The molecular formula is C21H20ClN5O3. The van der Waals surface area contributed by atoms with Gasteiger partial charge in [-0.15, -0.1) is 0 Å². The smallest absolute Gasteiger partial charge is 0.338 e. The number of fused-ring (bicyclic) bond motifs is 1. The van der Waals surface area contributed by atoms with E-state index in [1.54, 1.807) is 18.5 Å². The quantitative estimate of drug-likeness (QED) is 0.601. The van der Waals surface area contributed by atoms with E-state index in [-0.39, 0.29) is 6.61 Å². The highest BCUT2D eigenvalue weighted by molar-refractivity contribution is 6.31. The van der Waals surface area contributed by atoms with E-state index in [0.29, 0.717) is 34.6 Å². The molecule has 0 aliphatic carbocycles. The third-order valence-electron chi connectivity index (χ3n) is 4.74. The van der Waals surface area contributed by atoms with Crippen molar-refractivity contribution in [3.63, 3.8) is 0 Å². The maximum Gasteiger partial charge on any atom is 0.338 e. The first-order valence-electron chi connectivity index (χ1n) is 9.47. The molecule has 1 atom stereocenters. The molecule has 4 rings (SSSR count). The SMILES string of the molecule is CCOC(=O)C1=C(C)Nc2nnnn2C1c1cccc(OCc2ccccc2Cl)c1. The number of rotatable bonds is 6. The summed E-state index contributed by atoms with van der Waals surface area (Å²) < 4.78 is 12.8. The molecule has 1 aromatic heterocycles. The van der Waals surface area contributed by atoms with Gasteiger partial charge in [-0.2, -0.15) is 4.68 Å². The standard InChI is InChI=1S/C21H20ClN5O3/c1-3-29-20(28)18-13(2)23-21-24-25-26-27(21)19(18)14-8-6-9-16(11-14)30-12-15-7-4-5-10-17(15)22/h4-11,19H,3,12H2,1-2H3,(H,23,24,26). The number of aromatic nitrogens is 4. The Morgan fingerprint density at radius 1 is 1.23 bits per heavy atom. The Bertz CT molecular complexity index is 1110. The number of esters is 1. The van der Waals surface area contributed by atoms with E-state index >= 15 is 0 Å². The van der Waals surface area contributed by atoms with Crippen molar-refractivity contribution in [3.05, 3.63) is 76.0 Å². The fourth-order valence-electron chi connectivity index (χ4n) is 3.34. The first kappa shape index (κ1) is 19.9. The number of tetrazole rings is 1. The molecule has 8 nitrogen and oxygen atoms in total. The molecule has 1 aliphatic heterocycles. The maximum absolute atomic E-state index is 12.7. The van der Waals surface area contributed by atoms with Crippen LogP contribution in [0.5, 0.6) is 5.75 Å². The monoisotopic (exact) mass is 425 g/mol. The van der Waals surface area contributed by atoms with Gasteiger partial charge >= 0.3 is 5.97 Å². The summed E-state index contributed by atoms with van der Waals surface area (Å²) in [7, 11) is 0. The van der Waals surface area contributed by atoms with E-state index in [4.69, 9.17) is 21.1 Å². The Morgan fingerprint density at radius 2 is 2.07 bits per heavy atom. The molecule has 1 aliphatic rings. The van der Waals surface area contributed by atoms with Crippen LogP contribution in [-0.2, 0) is 16.1 Å². The predicted molar refractivity (Wildman–Crippen MR) is 111 cm³/mol. The van der Waals surface area contributed by atoms with E-state index in [1.165, 1.54) is 0 Å². The van der Waals surface area contributed by atoms with Crippen LogP contribution in [0, 0.1) is 0 Å². The number of anilines is 1. The lowest BCUT2D eigenvalue weighted by molar-refractivity contribution is -0.139. The molecule has 1 unspecified atom stereocenters. The van der Waals surface area contributed by atoms with Crippen LogP contribution < -0.4 is 10.1 Å². The number of halogens is 1. The summed E-state index contributed by atoms with van der Waals surface area (Å²) in [5.74, 6) is 0.672. The van der Waals surface area contributed by atoms with Gasteiger partial charge in [-0.1, -0.05) is 47.0 Å². The van der Waals surface area contributed by atoms with Crippen LogP contribution in [0.4, 0.5) is 5.95 Å². The van der Waals surface area contributed by atoms with E-state index in [1.807, 2.05) is 48.5 Å². The number of hydrogen-bond donors (Lipinski definition) is 1. The van der Waals surface area contributed by atoms with Crippen molar-refractivity contribution in [2.24, 2.45) is 0 Å². The summed E-state index contributed by atoms with van der Waals surface area (Å²) >= 11 is 6.22. The highest BCUT2D eigenvalue weighted by Gasteiger charge is 2.35. The molecule has 30 heavy (non-hydrogen) atoms. The number of nitrogens with one attached hydrogen (secondary N) is 1. The lowest BCUT2D eigenvalue weighted by Gasteiger charge is -2.27. The van der Waals surface area contributed by atoms with Crippen molar-refractivity contribution < 1.29 is 14.3 Å². The van der Waals surface area contributed by atoms with E-state index in [0.717, 1.165) is 11.1 Å². The Labute approximate surface area is 178 Å². The molecular weight excluding hydrogens is 406 g/mol. The molecule has 9 heteroatoms. The molecule has 2 aromatic carbocycles. The predicted octanol–water partition coefficient (Wildman–Crippen LogP) is 3.76. The first-order chi connectivity index (χ1) is 14.6. The normalized spacial score (nSPS) is 15.4. The second kappa shape index (κ2) is 8.54. The van der Waals surface area contributed by atoms with Crippen molar-refractivity contribution in [1.82, 2.24) is 20.2 Å². The number of carbonyl (C=O) groups excluding carboxylic acids is 1. The molecule has 0 fully saturated rings. The van der Waals surface area contributed by atoms with Gasteiger partial charge in [0.05, 0.1) is 12.2 Å². The van der Waals surface area contributed by atoms with Crippen LogP contribution in [-0.4, -0.2) is 32.8 Å². The zero-order chi connectivity index (χ0) is 21.1. The van der Waals surface area contributed by atoms with E-state index in [2.05, 4.69) is 20.8 Å². The lowest BCUT2D eigenvalue weighted by atomic mass is 9.95. The molecule has 0 radical (unpaired) electrons. The van der Waals surface area contributed by atoms with Crippen LogP contribution >= 0.6 is 11.6 Å². The van der Waals surface area contributed by atoms with Crippen LogP contribution in [0.25, 0.3) is 0 Å². The summed E-state index contributed by atoms with van der Waals surface area (Å²) in [6, 6.07) is 14.5. The maximum atomic E-state index is 12.7. The van der Waals surface area contributed by atoms with Gasteiger partial charge in [0.1, 0.15) is 18.4 Å². The molecule has 0 saturated heterocycles. The van der Waals surface area contributed by atoms with E-state index < -0.39 is 12.0 Å². The molecule has 0 saturated carbocycles. The second-order valence-electron chi connectivity index (χ2n) is 6.69. The van der Waals surface area contributed by atoms with Crippen molar-refractivity contribution in [2.45, 2.75) is 26.5 Å². The number of carbonyl (C=O) groups is 1. The van der Waals surface area contributed by atoms with Gasteiger partial charge in [0, 0.05) is 16.3 Å². The summed E-state index contributed by atoms with van der Waals surface area (Å²) in [6.45, 7) is 4.16. The van der Waals surface area contributed by atoms with Crippen molar-refractivity contribution >= 4 is 23.5 Å². The minimum absolute atomic E-state index is 0.270. The van der Waals surface area contributed by atoms with Crippen LogP contribution in [0.1, 0.15) is 31.0 Å². The van der Waals surface area contributed by atoms with Gasteiger partial charge in [0.2, 0.25) is 5.95 Å². The number of nitrogens with zero attached hydrogens (tertiary/aromatic N) is 4. The summed E-state index contributed by atoms with van der Waals surface area (Å²) in [4.78, 5) is 12.7. The lowest BCUT2D eigenvalue weighted by Crippen LogP contribution is -2.29. The van der Waals surface area contributed by atoms with Crippen LogP contribution in [0.3, 0.4) is 0 Å². The number of allylic oxidation sites excluding steroid dienone is 1. The summed E-state index contributed by atoms with van der Waals surface area (Å²) in [6.07, 6.45) is 0. The largest absolute Gasteiger partial charge is 0.489 e. The minimum Gasteiger partial charge on any atom is -0.489 e. The van der Waals surface area contributed by atoms with Gasteiger partial charge in [-0.25, -0.2) is 4.79 Å². The number of hydrogen-bond acceptors (Lipinski definition) is 7. The van der Waals surface area contributed by atoms with Gasteiger partial charge in [0.15, 0.2) is 0 Å². The van der Waals surface area contributed by atoms with Crippen molar-refractivity contribution in [2.75, 3.05) is 11.9 Å². The van der Waals surface area contributed by atoms with Gasteiger partial charge in [-0.3, -0.25) is 0 Å². The summed E-state index contributed by atoms with van der Waals surface area (Å²) in [5.41, 5.74) is 2.77. The zero-order valence-corrected chi connectivity index (χ0v) is 17.3. The number of benzene rings is 2. The van der Waals surface area contributed by atoms with Crippen molar-refractivity contribution in [3.8, 4) is 5.75 Å². The fraction of sp³-hybridized carbons (Fsp3) is 0.238. The second-order valence-corrected chi connectivity index (χ2v) is 7.09. The van der Waals surface area contributed by atoms with Crippen LogP contribution in [0.15, 0.2) is 59.8 Å². The molecule has 3 aromatic rings. The summed E-state index contributed by atoms with van der Waals surface area (Å²) in [5, 5.41) is 15.5. The zero-order valence-electron chi connectivity index (χ0n) is 16.5. The Kier molecular flexibility index (Phi) is 5.67. The van der Waals surface area contributed by atoms with E-state index in [9.17, 15) is 4.79 Å². The molecule has 0 spiro atoms. The minimum atomic E-state index is -0.542. The molecule has 0 bridgehead atoms. The van der Waals surface area contributed by atoms with Crippen molar-refractivity contribution in [1.29, 1.82) is 0 Å². The third-order valence-corrected chi connectivity index (χ3v) is 5.10. The molecule has 2 heterocycles.